The van der Waals surface area contributed by atoms with E-state index in [0.717, 1.165) is 11.8 Å². The van der Waals surface area contributed by atoms with Gasteiger partial charge in [0.25, 0.3) is 0 Å². The maximum absolute atomic E-state index is 13.5. The van der Waals surface area contributed by atoms with Gasteiger partial charge < -0.3 is 4.42 Å². The fourth-order valence-corrected chi connectivity index (χ4v) is 3.16. The summed E-state index contributed by atoms with van der Waals surface area (Å²) in [4.78, 5) is 24.3. The first-order valence-corrected chi connectivity index (χ1v) is 9.22. The Kier molecular flexibility index (Phi) is 6.16. The molecule has 2 amide bonds. The van der Waals surface area contributed by atoms with Gasteiger partial charge in [0.2, 0.25) is 5.91 Å². The van der Waals surface area contributed by atoms with Crippen molar-refractivity contribution in [3.05, 3.63) is 77.3 Å². The van der Waals surface area contributed by atoms with Crippen molar-refractivity contribution in [2.45, 2.75) is 4.90 Å². The minimum Gasteiger partial charge on any atom is -0.451 e. The van der Waals surface area contributed by atoms with Gasteiger partial charge in [-0.3, -0.25) is 20.4 Å². The number of hydrazine groups is 1. The summed E-state index contributed by atoms with van der Waals surface area (Å²) in [7, 11) is 0. The van der Waals surface area contributed by atoms with Crippen molar-refractivity contribution in [3.8, 4) is 11.3 Å². The summed E-state index contributed by atoms with van der Waals surface area (Å²) in [5, 5.41) is 0.497. The number of carbonyl (C=O) groups excluding carboxylic acids is 2. The van der Waals surface area contributed by atoms with Crippen molar-refractivity contribution in [2.75, 3.05) is 5.75 Å². The minimum absolute atomic E-state index is 0.0203. The second-order valence-corrected chi connectivity index (χ2v) is 6.79. The number of hydrogen-bond acceptors (Lipinski definition) is 4. The molecular formula is C19H14ClFN2O3S. The average molecular weight is 405 g/mol. The molecule has 0 aliphatic carbocycles. The lowest BCUT2D eigenvalue weighted by atomic mass is 10.2. The van der Waals surface area contributed by atoms with Crippen LogP contribution in [0, 0.1) is 5.82 Å². The van der Waals surface area contributed by atoms with Gasteiger partial charge >= 0.3 is 5.91 Å². The largest absolute Gasteiger partial charge is 0.451 e. The Morgan fingerprint density at radius 2 is 1.74 bits per heavy atom. The predicted octanol–water partition coefficient (Wildman–Crippen LogP) is 4.29. The highest BCUT2D eigenvalue weighted by Gasteiger charge is 2.14. The molecule has 0 bridgehead atoms. The number of halogens is 2. The molecular weight excluding hydrogens is 391 g/mol. The van der Waals surface area contributed by atoms with E-state index in [1.165, 1.54) is 12.1 Å². The summed E-state index contributed by atoms with van der Waals surface area (Å²) in [6.07, 6.45) is 0. The van der Waals surface area contributed by atoms with Crippen LogP contribution in [0.25, 0.3) is 11.3 Å². The van der Waals surface area contributed by atoms with E-state index in [4.69, 9.17) is 16.0 Å². The van der Waals surface area contributed by atoms with E-state index in [2.05, 4.69) is 10.9 Å². The molecule has 1 aromatic heterocycles. The molecule has 0 atom stereocenters. The molecule has 0 fully saturated rings. The number of rotatable bonds is 5. The van der Waals surface area contributed by atoms with Crippen LogP contribution in [0.15, 0.2) is 70.0 Å². The maximum atomic E-state index is 13.5. The summed E-state index contributed by atoms with van der Waals surface area (Å²) in [5.41, 5.74) is 5.18. The molecule has 0 aliphatic heterocycles. The summed E-state index contributed by atoms with van der Waals surface area (Å²) < 4.78 is 19.0. The van der Waals surface area contributed by atoms with Crippen molar-refractivity contribution >= 4 is 35.2 Å². The summed E-state index contributed by atoms with van der Waals surface area (Å²) >= 11 is 7.13. The first kappa shape index (κ1) is 19.0. The van der Waals surface area contributed by atoms with Crippen LogP contribution in [0.5, 0.6) is 0 Å². The van der Waals surface area contributed by atoms with Gasteiger partial charge in [0.1, 0.15) is 11.6 Å². The summed E-state index contributed by atoms with van der Waals surface area (Å²) in [6, 6.07) is 16.3. The molecule has 27 heavy (non-hydrogen) atoms. The Balaban J connectivity index is 1.53. The first-order valence-electron chi connectivity index (χ1n) is 7.86. The normalized spacial score (nSPS) is 10.4. The number of benzene rings is 2. The summed E-state index contributed by atoms with van der Waals surface area (Å²) in [6.45, 7) is 0. The third-order valence-electron chi connectivity index (χ3n) is 3.48. The Labute approximate surface area is 163 Å². The fourth-order valence-electron chi connectivity index (χ4n) is 2.19. The van der Waals surface area contributed by atoms with Crippen molar-refractivity contribution in [2.24, 2.45) is 0 Å². The molecule has 2 N–H and O–H groups in total. The molecule has 0 saturated carbocycles. The topological polar surface area (TPSA) is 71.3 Å². The van der Waals surface area contributed by atoms with Crippen LogP contribution >= 0.6 is 23.4 Å². The maximum Gasteiger partial charge on any atom is 0.305 e. The zero-order chi connectivity index (χ0) is 19.2. The van der Waals surface area contributed by atoms with Gasteiger partial charge in [0, 0.05) is 10.5 Å². The highest BCUT2D eigenvalue weighted by Crippen LogP contribution is 2.29. The van der Waals surface area contributed by atoms with Crippen molar-refractivity contribution in [1.29, 1.82) is 0 Å². The molecule has 8 heteroatoms. The summed E-state index contributed by atoms with van der Waals surface area (Å²) in [5.74, 6) is -1.09. The van der Waals surface area contributed by atoms with Gasteiger partial charge in [0.15, 0.2) is 5.76 Å². The second kappa shape index (κ2) is 8.75. The zero-order valence-corrected chi connectivity index (χ0v) is 15.4. The van der Waals surface area contributed by atoms with Crippen LogP contribution in [0.3, 0.4) is 0 Å². The number of furan rings is 1. The number of nitrogens with one attached hydrogen (secondary N) is 2. The predicted molar refractivity (Wildman–Crippen MR) is 102 cm³/mol. The van der Waals surface area contributed by atoms with Gasteiger partial charge in [-0.05, 0) is 36.4 Å². The molecule has 3 aromatic rings. The lowest BCUT2D eigenvalue weighted by Crippen LogP contribution is -2.42. The molecule has 0 spiro atoms. The van der Waals surface area contributed by atoms with Crippen LogP contribution in [0.4, 0.5) is 4.39 Å². The lowest BCUT2D eigenvalue weighted by Gasteiger charge is -2.06. The Hall–Kier alpha value is -2.77. The fraction of sp³-hybridized carbons (Fsp3) is 0.0526. The highest BCUT2D eigenvalue weighted by atomic mass is 35.5. The van der Waals surface area contributed by atoms with E-state index < -0.39 is 17.6 Å². The second-order valence-electron chi connectivity index (χ2n) is 5.37. The molecule has 138 valence electrons. The van der Waals surface area contributed by atoms with Crippen LogP contribution in [0.1, 0.15) is 10.6 Å². The Morgan fingerprint density at radius 3 is 2.52 bits per heavy atom. The quantitative estimate of drug-likeness (QED) is 0.491. The van der Waals surface area contributed by atoms with Gasteiger partial charge in [-0.1, -0.05) is 35.9 Å². The van der Waals surface area contributed by atoms with Crippen molar-refractivity contribution in [1.82, 2.24) is 10.9 Å². The van der Waals surface area contributed by atoms with E-state index >= 15 is 0 Å². The molecule has 3 rings (SSSR count). The van der Waals surface area contributed by atoms with E-state index in [-0.39, 0.29) is 11.5 Å². The zero-order valence-electron chi connectivity index (χ0n) is 13.9. The monoisotopic (exact) mass is 404 g/mol. The third-order valence-corrected chi connectivity index (χ3v) is 4.86. The molecule has 5 nitrogen and oxygen atoms in total. The van der Waals surface area contributed by atoms with E-state index in [1.54, 1.807) is 48.5 Å². The molecule has 0 radical (unpaired) electrons. The molecule has 0 saturated heterocycles. The first-order chi connectivity index (χ1) is 13.0. The number of amides is 2. The number of hydrogen-bond donors (Lipinski definition) is 2. The van der Waals surface area contributed by atoms with Gasteiger partial charge in [-0.25, -0.2) is 4.39 Å². The molecule has 0 unspecified atom stereocenters. The number of thioether (sulfide) groups is 1. The van der Waals surface area contributed by atoms with Crippen molar-refractivity contribution in [3.63, 3.8) is 0 Å². The molecule has 1 heterocycles. The lowest BCUT2D eigenvalue weighted by molar-refractivity contribution is -0.119. The molecule has 0 aliphatic rings. The third kappa shape index (κ3) is 4.90. The number of carbonyl (C=O) groups is 2. The average Bonchev–Trinajstić information content (AvgIpc) is 3.16. The minimum atomic E-state index is -0.613. The standard InChI is InChI=1S/C19H14ClFN2O3S/c20-13-6-2-1-5-12(13)15-9-10-16(26-15)19(25)23-22-18(24)11-27-17-8-4-3-7-14(17)21/h1-10H,11H2,(H,22,24)(H,23,25). The van der Waals surface area contributed by atoms with Crippen LogP contribution in [-0.2, 0) is 4.79 Å². The van der Waals surface area contributed by atoms with E-state index in [1.807, 2.05) is 0 Å². The van der Waals surface area contributed by atoms with Gasteiger partial charge in [0.05, 0.1) is 10.8 Å². The smallest absolute Gasteiger partial charge is 0.305 e. The van der Waals surface area contributed by atoms with Crippen LogP contribution in [0.2, 0.25) is 5.02 Å². The van der Waals surface area contributed by atoms with Gasteiger partial charge in [-0.15, -0.1) is 11.8 Å². The van der Waals surface area contributed by atoms with E-state index in [9.17, 15) is 14.0 Å². The Morgan fingerprint density at radius 1 is 1.00 bits per heavy atom. The van der Waals surface area contributed by atoms with Crippen LogP contribution in [-0.4, -0.2) is 17.6 Å². The van der Waals surface area contributed by atoms with Crippen LogP contribution < -0.4 is 10.9 Å². The molecule has 2 aromatic carbocycles. The van der Waals surface area contributed by atoms with Crippen molar-refractivity contribution < 1.29 is 18.4 Å². The van der Waals surface area contributed by atoms with E-state index in [0.29, 0.717) is 21.2 Å². The highest BCUT2D eigenvalue weighted by molar-refractivity contribution is 8.00. The SMILES string of the molecule is O=C(CSc1ccccc1F)NNC(=O)c1ccc(-c2ccccc2Cl)o1. The Bertz CT molecular complexity index is 977. The van der Waals surface area contributed by atoms with Gasteiger partial charge in [-0.2, -0.15) is 0 Å².